The molecule has 0 aliphatic heterocycles. The van der Waals surface area contributed by atoms with Crippen molar-refractivity contribution in [3.05, 3.63) is 24.3 Å². The first-order valence-electron chi connectivity index (χ1n) is 3.57. The smallest absolute Gasteiger partial charge is 0.137 e. The van der Waals surface area contributed by atoms with Gasteiger partial charge in [0.25, 0.3) is 0 Å². The van der Waals surface area contributed by atoms with Crippen LogP contribution in [0.15, 0.2) is 24.3 Å². The van der Waals surface area contributed by atoms with Crippen molar-refractivity contribution in [2.24, 2.45) is 17.4 Å². The number of allylic oxidation sites excluding steroid dienone is 2. The Balaban J connectivity index is 2.65. The van der Waals surface area contributed by atoms with Crippen molar-refractivity contribution in [1.82, 2.24) is 0 Å². The molecule has 3 atom stereocenters. The van der Waals surface area contributed by atoms with E-state index in [1.165, 1.54) is 0 Å². The first kappa shape index (κ1) is 8.17. The third-order valence-corrected chi connectivity index (χ3v) is 1.82. The van der Waals surface area contributed by atoms with Gasteiger partial charge in [-0.05, 0) is 0 Å². The van der Waals surface area contributed by atoms with Gasteiger partial charge in [0, 0.05) is 12.0 Å². The summed E-state index contributed by atoms with van der Waals surface area (Å²) in [4.78, 5) is 10.3. The van der Waals surface area contributed by atoms with E-state index in [9.17, 15) is 4.79 Å². The van der Waals surface area contributed by atoms with Crippen molar-refractivity contribution in [1.29, 1.82) is 0 Å². The molecule has 1 aliphatic carbocycles. The standard InChI is InChI=1S/C8H12N2O/c9-7-4-2-1-3-6(7)8(10)5-11/h1-8H,9-10H2. The van der Waals surface area contributed by atoms with E-state index in [0.717, 1.165) is 6.29 Å². The zero-order chi connectivity index (χ0) is 8.27. The molecule has 3 unspecified atom stereocenters. The average molecular weight is 152 g/mol. The van der Waals surface area contributed by atoms with Crippen molar-refractivity contribution in [2.45, 2.75) is 12.1 Å². The van der Waals surface area contributed by atoms with E-state index < -0.39 is 6.04 Å². The molecule has 0 heterocycles. The number of carbonyl (C=O) groups excluding carboxylic acids is 1. The van der Waals surface area contributed by atoms with E-state index in [-0.39, 0.29) is 12.0 Å². The third kappa shape index (κ3) is 1.76. The minimum Gasteiger partial charge on any atom is -0.324 e. The lowest BCUT2D eigenvalue weighted by Crippen LogP contribution is -2.42. The number of rotatable bonds is 2. The predicted octanol–water partition coefficient (Wildman–Crippen LogP) is -0.418. The summed E-state index contributed by atoms with van der Waals surface area (Å²) in [5, 5.41) is 0. The van der Waals surface area contributed by atoms with Crippen LogP contribution < -0.4 is 11.5 Å². The average Bonchev–Trinajstić information content (AvgIpc) is 2.04. The second-order valence-corrected chi connectivity index (χ2v) is 2.64. The Kier molecular flexibility index (Phi) is 2.57. The van der Waals surface area contributed by atoms with Crippen LogP contribution in [-0.4, -0.2) is 18.4 Å². The van der Waals surface area contributed by atoms with Gasteiger partial charge in [-0.1, -0.05) is 24.3 Å². The van der Waals surface area contributed by atoms with Crippen LogP contribution >= 0.6 is 0 Å². The topological polar surface area (TPSA) is 69.1 Å². The molecule has 0 aromatic rings. The molecule has 0 aromatic heterocycles. The summed E-state index contributed by atoms with van der Waals surface area (Å²) in [6.45, 7) is 0. The summed E-state index contributed by atoms with van der Waals surface area (Å²) in [6, 6.07) is -0.605. The summed E-state index contributed by atoms with van der Waals surface area (Å²) in [5.74, 6) is -0.0440. The van der Waals surface area contributed by atoms with Gasteiger partial charge in [0.2, 0.25) is 0 Å². The molecule has 11 heavy (non-hydrogen) atoms. The molecular formula is C8H12N2O. The highest BCUT2D eigenvalue weighted by Crippen LogP contribution is 2.12. The Bertz CT molecular complexity index is 194. The molecule has 0 spiro atoms. The minimum absolute atomic E-state index is 0.0440. The van der Waals surface area contributed by atoms with Gasteiger partial charge in [-0.25, -0.2) is 0 Å². The minimum atomic E-state index is -0.480. The molecule has 0 saturated carbocycles. The molecule has 0 fully saturated rings. The van der Waals surface area contributed by atoms with E-state index in [1.54, 1.807) is 0 Å². The van der Waals surface area contributed by atoms with Crippen LogP contribution in [0.1, 0.15) is 0 Å². The largest absolute Gasteiger partial charge is 0.324 e. The number of carbonyl (C=O) groups is 1. The highest BCUT2D eigenvalue weighted by molar-refractivity contribution is 5.59. The summed E-state index contributed by atoms with van der Waals surface area (Å²) in [5.41, 5.74) is 11.2. The maximum atomic E-state index is 10.3. The van der Waals surface area contributed by atoms with Crippen molar-refractivity contribution >= 4 is 6.29 Å². The fourth-order valence-electron chi connectivity index (χ4n) is 1.12. The Morgan fingerprint density at radius 2 is 2.00 bits per heavy atom. The van der Waals surface area contributed by atoms with E-state index in [2.05, 4.69) is 0 Å². The Hall–Kier alpha value is -0.930. The number of hydrogen-bond donors (Lipinski definition) is 2. The molecule has 1 aliphatic rings. The molecule has 0 aromatic carbocycles. The zero-order valence-corrected chi connectivity index (χ0v) is 6.18. The second-order valence-electron chi connectivity index (χ2n) is 2.64. The second kappa shape index (κ2) is 3.46. The summed E-state index contributed by atoms with van der Waals surface area (Å²) in [7, 11) is 0. The molecule has 3 nitrogen and oxygen atoms in total. The van der Waals surface area contributed by atoms with Crippen molar-refractivity contribution < 1.29 is 4.79 Å². The van der Waals surface area contributed by atoms with E-state index >= 15 is 0 Å². The van der Waals surface area contributed by atoms with E-state index in [0.29, 0.717) is 0 Å². The van der Waals surface area contributed by atoms with Crippen LogP contribution in [0.2, 0.25) is 0 Å². The normalized spacial score (nSPS) is 31.8. The SMILES string of the molecule is NC(C=O)C1C=CC=CC1N. The monoisotopic (exact) mass is 152 g/mol. The van der Waals surface area contributed by atoms with Crippen LogP contribution in [0, 0.1) is 5.92 Å². The molecule has 1 rings (SSSR count). The van der Waals surface area contributed by atoms with Crippen LogP contribution in [0.4, 0.5) is 0 Å². The van der Waals surface area contributed by atoms with Crippen molar-refractivity contribution in [3.8, 4) is 0 Å². The van der Waals surface area contributed by atoms with Gasteiger partial charge >= 0.3 is 0 Å². The van der Waals surface area contributed by atoms with Crippen LogP contribution in [0.25, 0.3) is 0 Å². The molecule has 60 valence electrons. The van der Waals surface area contributed by atoms with E-state index in [4.69, 9.17) is 11.5 Å². The number of nitrogens with two attached hydrogens (primary N) is 2. The first-order valence-corrected chi connectivity index (χ1v) is 3.57. The summed E-state index contributed by atoms with van der Waals surface area (Å²) in [6.07, 6.45) is 8.15. The van der Waals surface area contributed by atoms with Crippen molar-refractivity contribution in [2.75, 3.05) is 0 Å². The van der Waals surface area contributed by atoms with E-state index in [1.807, 2.05) is 24.3 Å². The van der Waals surface area contributed by atoms with Gasteiger partial charge in [0.15, 0.2) is 0 Å². The fourth-order valence-corrected chi connectivity index (χ4v) is 1.12. The van der Waals surface area contributed by atoms with Gasteiger partial charge in [-0.15, -0.1) is 0 Å². The van der Waals surface area contributed by atoms with Gasteiger partial charge in [0.1, 0.15) is 6.29 Å². The summed E-state index contributed by atoms with van der Waals surface area (Å²) < 4.78 is 0. The Morgan fingerprint density at radius 3 is 2.55 bits per heavy atom. The lowest BCUT2D eigenvalue weighted by molar-refractivity contribution is -0.109. The maximum Gasteiger partial charge on any atom is 0.137 e. The zero-order valence-electron chi connectivity index (χ0n) is 6.18. The molecule has 0 radical (unpaired) electrons. The number of aldehydes is 1. The van der Waals surface area contributed by atoms with Gasteiger partial charge in [-0.3, -0.25) is 0 Å². The molecular weight excluding hydrogens is 140 g/mol. The Morgan fingerprint density at radius 1 is 1.36 bits per heavy atom. The van der Waals surface area contributed by atoms with Gasteiger partial charge in [-0.2, -0.15) is 0 Å². The molecule has 0 amide bonds. The fraction of sp³-hybridized carbons (Fsp3) is 0.375. The predicted molar refractivity (Wildman–Crippen MR) is 43.8 cm³/mol. The molecule has 3 heteroatoms. The lowest BCUT2D eigenvalue weighted by Gasteiger charge is -2.22. The highest BCUT2D eigenvalue weighted by atomic mass is 16.1. The Labute approximate surface area is 65.8 Å². The third-order valence-electron chi connectivity index (χ3n) is 1.82. The maximum absolute atomic E-state index is 10.3. The quantitative estimate of drug-likeness (QED) is 0.528. The highest BCUT2D eigenvalue weighted by Gasteiger charge is 2.20. The molecule has 0 bridgehead atoms. The van der Waals surface area contributed by atoms with Crippen LogP contribution in [0.5, 0.6) is 0 Å². The van der Waals surface area contributed by atoms with Gasteiger partial charge < -0.3 is 16.3 Å². The summed E-state index contributed by atoms with van der Waals surface area (Å²) >= 11 is 0. The van der Waals surface area contributed by atoms with Crippen LogP contribution in [-0.2, 0) is 4.79 Å². The number of hydrogen-bond acceptors (Lipinski definition) is 3. The van der Waals surface area contributed by atoms with Crippen LogP contribution in [0.3, 0.4) is 0 Å². The van der Waals surface area contributed by atoms with Gasteiger partial charge in [0.05, 0.1) is 6.04 Å². The molecule has 0 saturated heterocycles. The lowest BCUT2D eigenvalue weighted by atomic mass is 9.90. The van der Waals surface area contributed by atoms with Crippen molar-refractivity contribution in [3.63, 3.8) is 0 Å². The first-order chi connectivity index (χ1) is 5.25. The molecule has 4 N–H and O–H groups in total.